The monoisotopic (exact) mass is 197 g/mol. The van der Waals surface area contributed by atoms with Gasteiger partial charge in [0, 0.05) is 19.3 Å². The molecule has 0 fully saturated rings. The number of aromatic nitrogens is 2. The molecule has 0 spiro atoms. The predicted molar refractivity (Wildman–Crippen MR) is 53.7 cm³/mol. The second-order valence-corrected chi connectivity index (χ2v) is 2.82. The topological polar surface area (TPSA) is 85.0 Å². The summed E-state index contributed by atoms with van der Waals surface area (Å²) in [6.45, 7) is 3.65. The fraction of sp³-hybridized carbons (Fsp3) is 0.500. The predicted octanol–water partition coefficient (Wildman–Crippen LogP) is -0.216. The molecule has 0 bridgehead atoms. The van der Waals surface area contributed by atoms with Crippen LogP contribution in [0.1, 0.15) is 6.92 Å². The van der Waals surface area contributed by atoms with E-state index in [0.717, 1.165) is 0 Å². The molecule has 2 amide bonds. The summed E-state index contributed by atoms with van der Waals surface area (Å²) in [5, 5.41) is 9.30. The van der Waals surface area contributed by atoms with Crippen LogP contribution in [0.3, 0.4) is 0 Å². The van der Waals surface area contributed by atoms with Crippen molar-refractivity contribution in [3.05, 3.63) is 12.4 Å². The van der Waals surface area contributed by atoms with Crippen molar-refractivity contribution in [3.8, 4) is 0 Å². The molecule has 1 aromatic heterocycles. The Balaban J connectivity index is 2.18. The molecule has 0 aliphatic heterocycles. The van der Waals surface area contributed by atoms with E-state index in [0.29, 0.717) is 25.3 Å². The third-order valence-corrected chi connectivity index (χ3v) is 1.62. The average molecular weight is 197 g/mol. The molecular weight excluding hydrogens is 182 g/mol. The van der Waals surface area contributed by atoms with Crippen molar-refractivity contribution >= 4 is 11.7 Å². The largest absolute Gasteiger partial charge is 0.396 e. The number of rotatable bonds is 4. The Bertz CT molecular complexity index is 296. The van der Waals surface area contributed by atoms with E-state index < -0.39 is 0 Å². The minimum atomic E-state index is -0.160. The van der Waals surface area contributed by atoms with Crippen molar-refractivity contribution in [2.24, 2.45) is 0 Å². The number of anilines is 1. The second kappa shape index (κ2) is 5.11. The minimum absolute atomic E-state index is 0.160. The van der Waals surface area contributed by atoms with Crippen LogP contribution in [0, 0.1) is 0 Å². The summed E-state index contributed by atoms with van der Waals surface area (Å²) >= 11 is 0. The third-order valence-electron chi connectivity index (χ3n) is 1.62. The van der Waals surface area contributed by atoms with E-state index in [1.54, 1.807) is 17.1 Å². The number of nitrogens with one attached hydrogen (secondary N) is 2. The van der Waals surface area contributed by atoms with Crippen LogP contribution in [0.15, 0.2) is 12.4 Å². The van der Waals surface area contributed by atoms with Gasteiger partial charge in [-0.25, -0.2) is 4.79 Å². The number of urea groups is 1. The fourth-order valence-corrected chi connectivity index (χ4v) is 1.01. The first-order valence-electron chi connectivity index (χ1n) is 4.52. The van der Waals surface area contributed by atoms with E-state index in [1.165, 1.54) is 0 Å². The van der Waals surface area contributed by atoms with Crippen LogP contribution in [0.25, 0.3) is 0 Å². The number of carbonyl (C=O) groups excluding carboxylic acids is 1. The minimum Gasteiger partial charge on any atom is -0.396 e. The van der Waals surface area contributed by atoms with Gasteiger partial charge in [-0.2, -0.15) is 5.10 Å². The summed E-state index contributed by atoms with van der Waals surface area (Å²) in [6.07, 6.45) is 3.30. The van der Waals surface area contributed by atoms with Crippen molar-refractivity contribution in [3.63, 3.8) is 0 Å². The van der Waals surface area contributed by atoms with Crippen LogP contribution < -0.4 is 16.4 Å². The molecule has 1 aromatic rings. The molecule has 0 saturated heterocycles. The van der Waals surface area contributed by atoms with Crippen molar-refractivity contribution in [2.45, 2.75) is 13.5 Å². The fourth-order valence-electron chi connectivity index (χ4n) is 1.01. The third kappa shape index (κ3) is 3.34. The Hall–Kier alpha value is -1.72. The van der Waals surface area contributed by atoms with Crippen molar-refractivity contribution in [1.29, 1.82) is 0 Å². The zero-order chi connectivity index (χ0) is 10.4. The van der Waals surface area contributed by atoms with Gasteiger partial charge in [0.15, 0.2) is 0 Å². The van der Waals surface area contributed by atoms with Gasteiger partial charge in [0.2, 0.25) is 0 Å². The summed E-state index contributed by atoms with van der Waals surface area (Å²) < 4.78 is 1.68. The summed E-state index contributed by atoms with van der Waals surface area (Å²) in [5.74, 6) is 0. The Morgan fingerprint density at radius 1 is 1.64 bits per heavy atom. The number of hydrogen-bond acceptors (Lipinski definition) is 3. The summed E-state index contributed by atoms with van der Waals surface area (Å²) in [7, 11) is 0. The Labute approximate surface area is 82.5 Å². The lowest BCUT2D eigenvalue weighted by Crippen LogP contribution is -2.37. The average Bonchev–Trinajstić information content (AvgIpc) is 2.52. The van der Waals surface area contributed by atoms with Crippen LogP contribution in [-0.4, -0.2) is 28.9 Å². The first-order chi connectivity index (χ1) is 6.72. The molecule has 0 radical (unpaired) electrons. The van der Waals surface area contributed by atoms with Gasteiger partial charge in [0.05, 0.1) is 18.4 Å². The van der Waals surface area contributed by atoms with Crippen molar-refractivity contribution in [2.75, 3.05) is 18.8 Å². The normalized spacial score (nSPS) is 9.79. The number of nitrogens with two attached hydrogens (primary N) is 1. The smallest absolute Gasteiger partial charge is 0.314 e. The first kappa shape index (κ1) is 10.4. The number of carbonyl (C=O) groups is 1. The highest BCUT2D eigenvalue weighted by Gasteiger charge is 1.97. The highest BCUT2D eigenvalue weighted by molar-refractivity contribution is 5.73. The van der Waals surface area contributed by atoms with Gasteiger partial charge in [-0.1, -0.05) is 0 Å². The lowest BCUT2D eigenvalue weighted by atomic mass is 10.6. The lowest BCUT2D eigenvalue weighted by Gasteiger charge is -2.05. The molecule has 0 unspecified atom stereocenters. The molecule has 0 aliphatic carbocycles. The van der Waals surface area contributed by atoms with Gasteiger partial charge in [0.25, 0.3) is 0 Å². The summed E-state index contributed by atoms with van der Waals surface area (Å²) in [5.41, 5.74) is 6.10. The molecule has 0 aromatic carbocycles. The molecule has 78 valence electrons. The quantitative estimate of drug-likeness (QED) is 0.624. The Morgan fingerprint density at radius 2 is 2.43 bits per heavy atom. The lowest BCUT2D eigenvalue weighted by molar-refractivity contribution is 0.241. The van der Waals surface area contributed by atoms with Crippen molar-refractivity contribution in [1.82, 2.24) is 20.4 Å². The van der Waals surface area contributed by atoms with E-state index in [1.807, 2.05) is 6.92 Å². The molecule has 0 aliphatic rings. The van der Waals surface area contributed by atoms with E-state index in [9.17, 15) is 4.79 Å². The van der Waals surface area contributed by atoms with Crippen molar-refractivity contribution < 1.29 is 4.79 Å². The molecule has 6 nitrogen and oxygen atoms in total. The number of nitrogens with zero attached hydrogens (tertiary/aromatic N) is 2. The SMILES string of the molecule is CCNC(=O)NCCn1cc(N)cn1. The van der Waals surface area contributed by atoms with Gasteiger partial charge in [-0.05, 0) is 6.92 Å². The Kier molecular flexibility index (Phi) is 3.78. The number of hydrogen-bond donors (Lipinski definition) is 3. The van der Waals surface area contributed by atoms with Crippen LogP contribution in [0.4, 0.5) is 10.5 Å². The molecular formula is C8H15N5O. The zero-order valence-corrected chi connectivity index (χ0v) is 8.16. The maximum atomic E-state index is 11.0. The molecule has 14 heavy (non-hydrogen) atoms. The van der Waals surface area contributed by atoms with Gasteiger partial charge in [-0.3, -0.25) is 4.68 Å². The maximum absolute atomic E-state index is 11.0. The highest BCUT2D eigenvalue weighted by atomic mass is 16.2. The van der Waals surface area contributed by atoms with E-state index in [-0.39, 0.29) is 6.03 Å². The molecule has 1 rings (SSSR count). The maximum Gasteiger partial charge on any atom is 0.314 e. The van der Waals surface area contributed by atoms with E-state index >= 15 is 0 Å². The molecule has 0 atom stereocenters. The van der Waals surface area contributed by atoms with Gasteiger partial charge < -0.3 is 16.4 Å². The van der Waals surface area contributed by atoms with Crippen LogP contribution >= 0.6 is 0 Å². The Morgan fingerprint density at radius 3 is 3.00 bits per heavy atom. The van der Waals surface area contributed by atoms with Crippen LogP contribution in [0.5, 0.6) is 0 Å². The van der Waals surface area contributed by atoms with Gasteiger partial charge in [0.1, 0.15) is 0 Å². The first-order valence-corrected chi connectivity index (χ1v) is 4.52. The zero-order valence-electron chi connectivity index (χ0n) is 8.16. The number of amides is 2. The van der Waals surface area contributed by atoms with Crippen LogP contribution in [-0.2, 0) is 6.54 Å². The molecule has 0 saturated carbocycles. The standard InChI is InChI=1S/C8H15N5O/c1-2-10-8(14)11-3-4-13-6-7(9)5-12-13/h5-6H,2-4,9H2,1H3,(H2,10,11,14). The highest BCUT2D eigenvalue weighted by Crippen LogP contribution is 1.96. The molecule has 6 heteroatoms. The summed E-state index contributed by atoms with van der Waals surface area (Å²) in [6, 6.07) is -0.160. The van der Waals surface area contributed by atoms with Gasteiger partial charge in [-0.15, -0.1) is 0 Å². The van der Waals surface area contributed by atoms with E-state index in [2.05, 4.69) is 15.7 Å². The van der Waals surface area contributed by atoms with E-state index in [4.69, 9.17) is 5.73 Å². The molecule has 1 heterocycles. The van der Waals surface area contributed by atoms with Gasteiger partial charge >= 0.3 is 6.03 Å². The molecule has 4 N–H and O–H groups in total. The van der Waals surface area contributed by atoms with Crippen LogP contribution in [0.2, 0.25) is 0 Å². The second-order valence-electron chi connectivity index (χ2n) is 2.82. The number of nitrogen functional groups attached to an aromatic ring is 1. The summed E-state index contributed by atoms with van der Waals surface area (Å²) in [4.78, 5) is 11.0.